The number of rotatable bonds is 11. The van der Waals surface area contributed by atoms with Crippen LogP contribution in [-0.2, 0) is 29.2 Å². The van der Waals surface area contributed by atoms with Crippen molar-refractivity contribution >= 4 is 5.91 Å². The van der Waals surface area contributed by atoms with Gasteiger partial charge in [-0.2, -0.15) is 0 Å². The van der Waals surface area contributed by atoms with Crippen LogP contribution in [0.2, 0.25) is 0 Å². The molecule has 1 aromatic heterocycles. The number of pyridine rings is 1. The molecule has 0 saturated carbocycles. The molecule has 4 aromatic carbocycles. The van der Waals surface area contributed by atoms with Crippen LogP contribution in [0, 0.1) is 5.92 Å². The molecule has 0 bridgehead atoms. The molecule has 240 valence electrons. The number of amides is 1. The van der Waals surface area contributed by atoms with E-state index in [2.05, 4.69) is 102 Å². The van der Waals surface area contributed by atoms with Gasteiger partial charge in [-0.25, -0.2) is 0 Å². The van der Waals surface area contributed by atoms with Gasteiger partial charge >= 0.3 is 0 Å². The number of aliphatic hydroxyl groups is 1. The minimum Gasteiger partial charge on any atom is -0.392 e. The number of carbonyl (C=O) groups is 1. The third kappa shape index (κ3) is 8.20. The van der Waals surface area contributed by atoms with Gasteiger partial charge in [-0.05, 0) is 58.6 Å². The van der Waals surface area contributed by atoms with Crippen LogP contribution in [0.1, 0.15) is 57.5 Å². The summed E-state index contributed by atoms with van der Waals surface area (Å²) in [5, 5.41) is 12.6. The molecule has 47 heavy (non-hydrogen) atoms. The summed E-state index contributed by atoms with van der Waals surface area (Å²) in [6.07, 6.45) is 2.44. The summed E-state index contributed by atoms with van der Waals surface area (Å²) >= 11 is 0. The smallest absolute Gasteiger partial charge is 0.253 e. The van der Waals surface area contributed by atoms with E-state index in [1.54, 1.807) is 24.5 Å². The molecule has 7 nitrogen and oxygen atoms in total. The third-order valence-electron chi connectivity index (χ3n) is 8.73. The summed E-state index contributed by atoms with van der Waals surface area (Å²) < 4.78 is 13.4. The largest absolute Gasteiger partial charge is 0.392 e. The zero-order valence-corrected chi connectivity index (χ0v) is 26.8. The summed E-state index contributed by atoms with van der Waals surface area (Å²) in [7, 11) is 2.13. The zero-order valence-electron chi connectivity index (χ0n) is 26.8. The topological polar surface area (TPSA) is 83.9 Å². The first kappa shape index (κ1) is 32.3. The molecule has 0 aliphatic carbocycles. The summed E-state index contributed by atoms with van der Waals surface area (Å²) in [6.45, 7) is 4.20. The normalized spacial score (nSPS) is 19.4. The fraction of sp³-hybridized carbons (Fsp3) is 0.250. The van der Waals surface area contributed by atoms with Gasteiger partial charge in [-0.15, -0.1) is 0 Å². The standard InChI is InChI=1S/C40H41N3O4/c1-28-37(26-43(2)25-29-8-4-3-5-9-29)46-40(47-38(28)33-15-13-30(27-44)14-16-33)34-19-17-32(18-20-34)35-11-6-10-31(22-35)23-42-39(45)36-12-7-21-41-24-36/h3-22,24,28,37-38,40,44H,23,25-27H2,1-2H3,(H,42,45)/t28-,37+,38+,40+/m1/s1. The van der Waals surface area contributed by atoms with Gasteiger partial charge < -0.3 is 19.9 Å². The van der Waals surface area contributed by atoms with Crippen LogP contribution >= 0.6 is 0 Å². The first-order chi connectivity index (χ1) is 23.0. The molecule has 7 heteroatoms. The molecule has 5 aromatic rings. The van der Waals surface area contributed by atoms with Crippen molar-refractivity contribution in [3.8, 4) is 11.1 Å². The quantitative estimate of drug-likeness (QED) is 0.163. The Kier molecular flexibility index (Phi) is 10.5. The molecule has 2 N–H and O–H groups in total. The van der Waals surface area contributed by atoms with Crippen molar-refractivity contribution in [2.75, 3.05) is 13.6 Å². The fourth-order valence-electron chi connectivity index (χ4n) is 6.07. The van der Waals surface area contributed by atoms with E-state index in [0.717, 1.165) is 46.5 Å². The SMILES string of the molecule is C[C@@H]1[C@H](CN(C)Cc2ccccc2)O[C@H](c2ccc(-c3cccc(CNC(=O)c4cccnc4)c3)cc2)O[C@@H]1c1ccc(CO)cc1. The minimum atomic E-state index is -0.535. The first-order valence-electron chi connectivity index (χ1n) is 16.1. The lowest BCUT2D eigenvalue weighted by molar-refractivity contribution is -0.276. The van der Waals surface area contributed by atoms with Crippen molar-refractivity contribution in [1.82, 2.24) is 15.2 Å². The molecule has 0 unspecified atom stereocenters. The maximum Gasteiger partial charge on any atom is 0.253 e. The Balaban J connectivity index is 1.18. The van der Waals surface area contributed by atoms with Crippen LogP contribution in [0.15, 0.2) is 128 Å². The highest BCUT2D eigenvalue weighted by molar-refractivity contribution is 5.93. The molecule has 1 saturated heterocycles. The molecule has 6 rings (SSSR count). The predicted molar refractivity (Wildman–Crippen MR) is 183 cm³/mol. The van der Waals surface area contributed by atoms with Gasteiger partial charge in [-0.1, -0.05) is 104 Å². The maximum atomic E-state index is 12.5. The molecular weight excluding hydrogens is 586 g/mol. The second-order valence-electron chi connectivity index (χ2n) is 12.3. The van der Waals surface area contributed by atoms with Crippen molar-refractivity contribution < 1.29 is 19.4 Å². The van der Waals surface area contributed by atoms with E-state index >= 15 is 0 Å². The lowest BCUT2D eigenvalue weighted by Gasteiger charge is -2.42. The number of ether oxygens (including phenoxy) is 2. The highest BCUT2D eigenvalue weighted by Crippen LogP contribution is 2.42. The van der Waals surface area contributed by atoms with Crippen LogP contribution in [0.25, 0.3) is 11.1 Å². The molecular formula is C40H41N3O4. The van der Waals surface area contributed by atoms with Gasteiger partial charge in [0.1, 0.15) is 0 Å². The van der Waals surface area contributed by atoms with Gasteiger partial charge in [0, 0.05) is 43.5 Å². The van der Waals surface area contributed by atoms with E-state index in [0.29, 0.717) is 12.1 Å². The van der Waals surface area contributed by atoms with Crippen LogP contribution in [0.3, 0.4) is 0 Å². The van der Waals surface area contributed by atoms with Gasteiger partial charge in [0.15, 0.2) is 6.29 Å². The number of carbonyl (C=O) groups excluding carboxylic acids is 1. The molecule has 0 spiro atoms. The van der Waals surface area contributed by atoms with Gasteiger partial charge in [-0.3, -0.25) is 14.7 Å². The second-order valence-corrected chi connectivity index (χ2v) is 12.3. The number of aliphatic hydroxyl groups excluding tert-OH is 1. The van der Waals surface area contributed by atoms with Crippen molar-refractivity contribution in [3.05, 3.63) is 161 Å². The number of hydrogen-bond donors (Lipinski definition) is 2. The summed E-state index contributed by atoms with van der Waals surface area (Å²) in [4.78, 5) is 18.8. The Morgan fingerprint density at radius 2 is 1.55 bits per heavy atom. The van der Waals surface area contributed by atoms with Crippen LogP contribution in [0.4, 0.5) is 0 Å². The lowest BCUT2D eigenvalue weighted by Crippen LogP contribution is -2.43. The fourth-order valence-corrected chi connectivity index (χ4v) is 6.07. The van der Waals surface area contributed by atoms with E-state index < -0.39 is 6.29 Å². The average molecular weight is 628 g/mol. The van der Waals surface area contributed by atoms with E-state index in [-0.39, 0.29) is 30.6 Å². The van der Waals surface area contributed by atoms with Crippen molar-refractivity contribution in [2.24, 2.45) is 5.92 Å². The zero-order chi connectivity index (χ0) is 32.6. The Morgan fingerprint density at radius 3 is 2.28 bits per heavy atom. The lowest BCUT2D eigenvalue weighted by atomic mass is 9.90. The Labute approximate surface area is 276 Å². The monoisotopic (exact) mass is 627 g/mol. The molecule has 4 atom stereocenters. The van der Waals surface area contributed by atoms with E-state index in [1.807, 2.05) is 30.3 Å². The van der Waals surface area contributed by atoms with Gasteiger partial charge in [0.05, 0.1) is 24.4 Å². The minimum absolute atomic E-state index is 0.00922. The molecule has 1 amide bonds. The van der Waals surface area contributed by atoms with Gasteiger partial charge in [0.25, 0.3) is 5.91 Å². The highest BCUT2D eigenvalue weighted by atomic mass is 16.7. The van der Waals surface area contributed by atoms with E-state index in [1.165, 1.54) is 5.56 Å². The second kappa shape index (κ2) is 15.3. The van der Waals surface area contributed by atoms with Crippen LogP contribution in [0.5, 0.6) is 0 Å². The summed E-state index contributed by atoms with van der Waals surface area (Å²) in [5.41, 5.74) is 7.83. The van der Waals surface area contributed by atoms with Gasteiger partial charge in [0.2, 0.25) is 0 Å². The summed E-state index contributed by atoms with van der Waals surface area (Å²) in [6, 6.07) is 38.5. The molecule has 0 radical (unpaired) electrons. The molecule has 1 aliphatic heterocycles. The van der Waals surface area contributed by atoms with Crippen LogP contribution < -0.4 is 5.32 Å². The van der Waals surface area contributed by atoms with E-state index in [4.69, 9.17) is 9.47 Å². The Morgan fingerprint density at radius 1 is 0.809 bits per heavy atom. The molecule has 1 fully saturated rings. The number of nitrogens with one attached hydrogen (secondary N) is 1. The molecule has 1 aliphatic rings. The number of aromatic nitrogens is 1. The van der Waals surface area contributed by atoms with Crippen molar-refractivity contribution in [1.29, 1.82) is 0 Å². The average Bonchev–Trinajstić information content (AvgIpc) is 3.12. The Hall–Kier alpha value is -4.66. The predicted octanol–water partition coefficient (Wildman–Crippen LogP) is 7.09. The Bertz CT molecular complexity index is 1730. The summed E-state index contributed by atoms with van der Waals surface area (Å²) in [5.74, 6) is -0.0491. The number of likely N-dealkylation sites (N-methyl/N-ethyl adjacent to an activating group) is 1. The van der Waals surface area contributed by atoms with Crippen molar-refractivity contribution in [3.63, 3.8) is 0 Å². The first-order valence-corrected chi connectivity index (χ1v) is 16.1. The molecule has 2 heterocycles. The van der Waals surface area contributed by atoms with Crippen LogP contribution in [-0.4, -0.2) is 40.6 Å². The maximum absolute atomic E-state index is 12.5. The van der Waals surface area contributed by atoms with E-state index in [9.17, 15) is 9.90 Å². The number of benzene rings is 4. The van der Waals surface area contributed by atoms with Crippen molar-refractivity contribution in [2.45, 2.75) is 45.1 Å². The number of nitrogens with zero attached hydrogens (tertiary/aromatic N) is 2. The third-order valence-corrected chi connectivity index (χ3v) is 8.73. The number of hydrogen-bond acceptors (Lipinski definition) is 6. The highest BCUT2D eigenvalue weighted by Gasteiger charge is 2.38.